The van der Waals surface area contributed by atoms with Crippen LogP contribution in [0.15, 0.2) is 12.1 Å². The quantitative estimate of drug-likeness (QED) is 0.864. The van der Waals surface area contributed by atoms with Gasteiger partial charge < -0.3 is 9.84 Å². The minimum absolute atomic E-state index is 0.0224. The summed E-state index contributed by atoms with van der Waals surface area (Å²) in [5, 5.41) is 11.3. The van der Waals surface area contributed by atoms with E-state index in [9.17, 15) is 9.59 Å². The van der Waals surface area contributed by atoms with Crippen molar-refractivity contribution in [2.45, 2.75) is 26.4 Å². The fourth-order valence-electron chi connectivity index (χ4n) is 1.08. The van der Waals surface area contributed by atoms with Crippen molar-refractivity contribution in [2.24, 2.45) is 0 Å². The normalized spacial score (nSPS) is 10.9. The molecule has 1 heterocycles. The van der Waals surface area contributed by atoms with Gasteiger partial charge in [0, 0.05) is 5.02 Å². The standard InChI is InChI=1S/C11H13ClN2O4/c1-11(2,3)18-10(17)14-8-5-6(12)4-7(13-8)9(15)16/h4-5H,1-3H3,(H,15,16)(H,13,14,17). The number of aromatic nitrogens is 1. The van der Waals surface area contributed by atoms with Crippen LogP contribution in [-0.2, 0) is 4.74 Å². The summed E-state index contributed by atoms with van der Waals surface area (Å²) in [6.45, 7) is 5.13. The van der Waals surface area contributed by atoms with Crippen LogP contribution in [0.3, 0.4) is 0 Å². The summed E-state index contributed by atoms with van der Waals surface area (Å²) in [5.41, 5.74) is -0.910. The van der Waals surface area contributed by atoms with Crippen LogP contribution in [0.25, 0.3) is 0 Å². The lowest BCUT2D eigenvalue weighted by molar-refractivity contribution is 0.0631. The smallest absolute Gasteiger partial charge is 0.413 e. The number of carbonyl (C=O) groups excluding carboxylic acids is 1. The predicted molar refractivity (Wildman–Crippen MR) is 66.1 cm³/mol. The highest BCUT2D eigenvalue weighted by Crippen LogP contribution is 2.16. The van der Waals surface area contributed by atoms with E-state index in [0.29, 0.717) is 0 Å². The number of anilines is 1. The van der Waals surface area contributed by atoms with Crippen LogP contribution >= 0.6 is 11.6 Å². The molecule has 98 valence electrons. The zero-order chi connectivity index (χ0) is 13.9. The minimum atomic E-state index is -1.23. The second-order valence-corrected chi connectivity index (χ2v) is 4.92. The van der Waals surface area contributed by atoms with Crippen molar-refractivity contribution in [2.75, 3.05) is 5.32 Å². The average molecular weight is 273 g/mol. The van der Waals surface area contributed by atoms with Gasteiger partial charge in [-0.3, -0.25) is 5.32 Å². The number of aromatic carboxylic acids is 1. The second kappa shape index (κ2) is 5.22. The van der Waals surface area contributed by atoms with E-state index in [2.05, 4.69) is 10.3 Å². The van der Waals surface area contributed by atoms with E-state index in [0.717, 1.165) is 0 Å². The largest absolute Gasteiger partial charge is 0.477 e. The molecule has 6 nitrogen and oxygen atoms in total. The topological polar surface area (TPSA) is 88.5 Å². The molecule has 1 aromatic rings. The van der Waals surface area contributed by atoms with Gasteiger partial charge in [-0.1, -0.05) is 11.6 Å². The molecule has 0 aliphatic heterocycles. The zero-order valence-corrected chi connectivity index (χ0v) is 10.9. The number of hydrogen-bond acceptors (Lipinski definition) is 4. The van der Waals surface area contributed by atoms with Gasteiger partial charge in [-0.15, -0.1) is 0 Å². The van der Waals surface area contributed by atoms with Crippen molar-refractivity contribution in [3.8, 4) is 0 Å². The summed E-state index contributed by atoms with van der Waals surface area (Å²) in [6, 6.07) is 2.52. The molecule has 7 heteroatoms. The molecule has 18 heavy (non-hydrogen) atoms. The third-order valence-corrected chi connectivity index (χ3v) is 1.86. The third kappa shape index (κ3) is 4.58. The van der Waals surface area contributed by atoms with E-state index in [1.54, 1.807) is 20.8 Å². The highest BCUT2D eigenvalue weighted by atomic mass is 35.5. The predicted octanol–water partition coefficient (Wildman–Crippen LogP) is 2.78. The van der Waals surface area contributed by atoms with Gasteiger partial charge in [-0.05, 0) is 32.9 Å². The van der Waals surface area contributed by atoms with Crippen molar-refractivity contribution in [3.63, 3.8) is 0 Å². The third-order valence-electron chi connectivity index (χ3n) is 1.64. The Kier molecular flexibility index (Phi) is 4.13. The number of nitrogens with one attached hydrogen (secondary N) is 1. The number of ether oxygens (including phenoxy) is 1. The molecule has 0 unspecified atom stereocenters. The Hall–Kier alpha value is -1.82. The molecule has 2 N–H and O–H groups in total. The summed E-state index contributed by atoms with van der Waals surface area (Å²) in [5.74, 6) is -1.21. The van der Waals surface area contributed by atoms with Crippen LogP contribution in [0.5, 0.6) is 0 Å². The maximum Gasteiger partial charge on any atom is 0.413 e. The molecular formula is C11H13ClN2O4. The molecule has 1 aromatic heterocycles. The Bertz CT molecular complexity index is 482. The molecule has 0 saturated carbocycles. The minimum Gasteiger partial charge on any atom is -0.477 e. The van der Waals surface area contributed by atoms with Gasteiger partial charge in [-0.25, -0.2) is 14.6 Å². The number of carboxylic acids is 1. The first-order chi connectivity index (χ1) is 8.17. The van der Waals surface area contributed by atoms with Crippen molar-refractivity contribution in [3.05, 3.63) is 22.8 Å². The van der Waals surface area contributed by atoms with Crippen molar-refractivity contribution >= 4 is 29.5 Å². The molecule has 0 aliphatic rings. The Morgan fingerprint density at radius 2 is 2.00 bits per heavy atom. The first kappa shape index (κ1) is 14.2. The summed E-state index contributed by atoms with van der Waals surface area (Å²) in [6.07, 6.45) is -0.728. The molecule has 1 rings (SSSR count). The van der Waals surface area contributed by atoms with Gasteiger partial charge in [0.15, 0.2) is 5.69 Å². The highest BCUT2D eigenvalue weighted by molar-refractivity contribution is 6.31. The fraction of sp³-hybridized carbons (Fsp3) is 0.364. The van der Waals surface area contributed by atoms with Crippen LogP contribution in [0, 0.1) is 0 Å². The number of pyridine rings is 1. The van der Waals surface area contributed by atoms with Crippen LogP contribution in [0.1, 0.15) is 31.3 Å². The summed E-state index contributed by atoms with van der Waals surface area (Å²) < 4.78 is 5.00. The maximum absolute atomic E-state index is 11.5. The van der Waals surface area contributed by atoms with Crippen LogP contribution in [0.2, 0.25) is 5.02 Å². The zero-order valence-electron chi connectivity index (χ0n) is 10.2. The van der Waals surface area contributed by atoms with Gasteiger partial charge in [0.1, 0.15) is 11.4 Å². The molecule has 0 saturated heterocycles. The van der Waals surface area contributed by atoms with Gasteiger partial charge in [0.25, 0.3) is 0 Å². The number of nitrogens with zero attached hydrogens (tertiary/aromatic N) is 1. The number of hydrogen-bond donors (Lipinski definition) is 2. The summed E-state index contributed by atoms with van der Waals surface area (Å²) >= 11 is 5.72. The lowest BCUT2D eigenvalue weighted by Crippen LogP contribution is -2.27. The fourth-order valence-corrected chi connectivity index (χ4v) is 1.29. The van der Waals surface area contributed by atoms with Crippen LogP contribution < -0.4 is 5.32 Å². The number of rotatable bonds is 2. The van der Waals surface area contributed by atoms with E-state index >= 15 is 0 Å². The monoisotopic (exact) mass is 272 g/mol. The molecule has 0 spiro atoms. The van der Waals surface area contributed by atoms with Gasteiger partial charge >= 0.3 is 12.1 Å². The van der Waals surface area contributed by atoms with E-state index < -0.39 is 17.7 Å². The van der Waals surface area contributed by atoms with Crippen LogP contribution in [0.4, 0.5) is 10.6 Å². The molecule has 0 aromatic carbocycles. The van der Waals surface area contributed by atoms with Gasteiger partial charge in [0.05, 0.1) is 0 Å². The first-order valence-electron chi connectivity index (χ1n) is 5.08. The number of carboxylic acid groups (broad SMARTS) is 1. The van der Waals surface area contributed by atoms with Gasteiger partial charge in [-0.2, -0.15) is 0 Å². The average Bonchev–Trinajstić information content (AvgIpc) is 2.12. The molecule has 0 radical (unpaired) electrons. The van der Waals surface area contributed by atoms with E-state index in [-0.39, 0.29) is 16.5 Å². The Morgan fingerprint density at radius 3 is 2.50 bits per heavy atom. The first-order valence-corrected chi connectivity index (χ1v) is 5.46. The van der Waals surface area contributed by atoms with Crippen molar-refractivity contribution < 1.29 is 19.4 Å². The molecule has 1 amide bonds. The van der Waals surface area contributed by atoms with Crippen LogP contribution in [-0.4, -0.2) is 27.8 Å². The maximum atomic E-state index is 11.5. The molecule has 0 atom stereocenters. The number of halogens is 1. The Labute approximate surface area is 109 Å². The SMILES string of the molecule is CC(C)(C)OC(=O)Nc1cc(Cl)cc(C(=O)O)n1. The van der Waals surface area contributed by atoms with E-state index in [1.807, 2.05) is 0 Å². The van der Waals surface area contributed by atoms with E-state index in [4.69, 9.17) is 21.4 Å². The Morgan fingerprint density at radius 1 is 1.39 bits per heavy atom. The highest BCUT2D eigenvalue weighted by Gasteiger charge is 2.17. The summed E-state index contributed by atoms with van der Waals surface area (Å²) in [7, 11) is 0. The van der Waals surface area contributed by atoms with Crippen molar-refractivity contribution in [1.29, 1.82) is 0 Å². The van der Waals surface area contributed by atoms with Crippen molar-refractivity contribution in [1.82, 2.24) is 4.98 Å². The number of amides is 1. The molecular weight excluding hydrogens is 260 g/mol. The molecule has 0 bridgehead atoms. The van der Waals surface area contributed by atoms with E-state index in [1.165, 1.54) is 12.1 Å². The van der Waals surface area contributed by atoms with Gasteiger partial charge in [0.2, 0.25) is 0 Å². The number of carbonyl (C=O) groups is 2. The lowest BCUT2D eigenvalue weighted by atomic mass is 10.2. The molecule has 0 fully saturated rings. The Balaban J connectivity index is 2.85. The molecule has 0 aliphatic carbocycles. The second-order valence-electron chi connectivity index (χ2n) is 4.49. The lowest BCUT2D eigenvalue weighted by Gasteiger charge is -2.19. The summed E-state index contributed by atoms with van der Waals surface area (Å²) in [4.78, 5) is 25.9.